The largest absolute Gasteiger partial charge is 0.484 e. The lowest BCUT2D eigenvalue weighted by Gasteiger charge is -2.16. The first kappa shape index (κ1) is 20.0. The van der Waals surface area contributed by atoms with Gasteiger partial charge in [0.25, 0.3) is 11.8 Å². The first-order valence-electron chi connectivity index (χ1n) is 7.81. The molecule has 2 rings (SSSR count). The molecule has 0 bridgehead atoms. The summed E-state index contributed by atoms with van der Waals surface area (Å²) in [6, 6.07) is 14.0. The molecule has 0 atom stereocenters. The predicted octanol–water partition coefficient (Wildman–Crippen LogP) is 2.65. The molecule has 26 heavy (non-hydrogen) atoms. The highest BCUT2D eigenvalue weighted by atomic mass is 35.5. The number of hydrogen-bond acceptors (Lipinski definition) is 4. The van der Waals surface area contributed by atoms with Crippen LogP contribution in [0.15, 0.2) is 48.5 Å². The lowest BCUT2D eigenvalue weighted by Crippen LogP contribution is -2.47. The fraction of sp³-hybridized carbons (Fsp3) is 0.222. The third kappa shape index (κ3) is 7.31. The highest BCUT2D eigenvalue weighted by molar-refractivity contribution is 6.30. The number of benzene rings is 2. The highest BCUT2D eigenvalue weighted by Gasteiger charge is 2.09. The van der Waals surface area contributed by atoms with Gasteiger partial charge in [-0.1, -0.05) is 35.3 Å². The molecule has 8 heteroatoms. The number of ether oxygens (including phenoxy) is 1. The Hall–Kier alpha value is -2.28. The summed E-state index contributed by atoms with van der Waals surface area (Å²) in [5.74, 6) is -0.294. The van der Waals surface area contributed by atoms with Crippen LogP contribution in [-0.2, 0) is 16.1 Å². The average molecular weight is 396 g/mol. The normalized spacial score (nSPS) is 10.5. The van der Waals surface area contributed by atoms with E-state index >= 15 is 0 Å². The molecule has 0 radical (unpaired) electrons. The molecule has 0 fully saturated rings. The van der Waals surface area contributed by atoms with Gasteiger partial charge < -0.3 is 4.74 Å². The molecule has 6 nitrogen and oxygen atoms in total. The van der Waals surface area contributed by atoms with Crippen LogP contribution in [0.3, 0.4) is 0 Å². The van der Waals surface area contributed by atoms with Crippen molar-refractivity contribution in [2.24, 2.45) is 0 Å². The zero-order valence-corrected chi connectivity index (χ0v) is 15.7. The average Bonchev–Trinajstić information content (AvgIpc) is 2.59. The SMILES string of the molecule is CN(CC(=O)NNC(=O)COc1ccc(Cl)cc1)Cc1cccc(Cl)c1. The Morgan fingerprint density at radius 3 is 2.38 bits per heavy atom. The molecule has 0 heterocycles. The maximum absolute atomic E-state index is 11.9. The molecule has 0 saturated heterocycles. The molecule has 0 aromatic heterocycles. The van der Waals surface area contributed by atoms with Crippen LogP contribution in [0.1, 0.15) is 5.56 Å². The fourth-order valence-electron chi connectivity index (χ4n) is 2.14. The van der Waals surface area contributed by atoms with Crippen molar-refractivity contribution in [2.45, 2.75) is 6.54 Å². The topological polar surface area (TPSA) is 70.7 Å². The minimum atomic E-state index is -0.467. The smallest absolute Gasteiger partial charge is 0.276 e. The number of hydrazine groups is 1. The Bertz CT molecular complexity index is 754. The Kier molecular flexibility index (Phi) is 7.72. The van der Waals surface area contributed by atoms with Gasteiger partial charge in [-0.2, -0.15) is 0 Å². The molecule has 0 aliphatic heterocycles. The Balaban J connectivity index is 1.67. The maximum Gasteiger partial charge on any atom is 0.276 e. The van der Waals surface area contributed by atoms with E-state index in [2.05, 4.69) is 10.9 Å². The first-order valence-corrected chi connectivity index (χ1v) is 8.57. The highest BCUT2D eigenvalue weighted by Crippen LogP contribution is 2.15. The minimum Gasteiger partial charge on any atom is -0.484 e. The van der Waals surface area contributed by atoms with Gasteiger partial charge in [0.05, 0.1) is 6.54 Å². The van der Waals surface area contributed by atoms with Crippen molar-refractivity contribution < 1.29 is 14.3 Å². The monoisotopic (exact) mass is 395 g/mol. The zero-order chi connectivity index (χ0) is 18.9. The van der Waals surface area contributed by atoms with Crippen molar-refractivity contribution >= 4 is 35.0 Å². The number of rotatable bonds is 7. The molecular formula is C18H19Cl2N3O3. The summed E-state index contributed by atoms with van der Waals surface area (Å²) in [6.45, 7) is 0.451. The van der Waals surface area contributed by atoms with Gasteiger partial charge in [-0.05, 0) is 49.0 Å². The van der Waals surface area contributed by atoms with Gasteiger partial charge >= 0.3 is 0 Å². The van der Waals surface area contributed by atoms with Crippen LogP contribution in [-0.4, -0.2) is 36.9 Å². The van der Waals surface area contributed by atoms with Crippen molar-refractivity contribution in [1.82, 2.24) is 15.8 Å². The summed E-state index contributed by atoms with van der Waals surface area (Å²) in [5.41, 5.74) is 5.65. The van der Waals surface area contributed by atoms with Gasteiger partial charge in [0.15, 0.2) is 6.61 Å². The number of amides is 2. The molecule has 0 spiro atoms. The summed E-state index contributed by atoms with van der Waals surface area (Å²) < 4.78 is 5.28. The Morgan fingerprint density at radius 2 is 1.69 bits per heavy atom. The number of carbonyl (C=O) groups is 2. The molecule has 2 aromatic rings. The number of hydrogen-bond donors (Lipinski definition) is 2. The molecule has 2 amide bonds. The second kappa shape index (κ2) is 10.0. The molecule has 0 aliphatic rings. The molecule has 0 saturated carbocycles. The van der Waals surface area contributed by atoms with Crippen LogP contribution in [0.5, 0.6) is 5.75 Å². The molecule has 2 N–H and O–H groups in total. The minimum absolute atomic E-state index is 0.116. The van der Waals surface area contributed by atoms with Crippen molar-refractivity contribution in [3.05, 3.63) is 64.1 Å². The molecule has 0 aliphatic carbocycles. The lowest BCUT2D eigenvalue weighted by atomic mass is 10.2. The van der Waals surface area contributed by atoms with Crippen LogP contribution in [0, 0.1) is 0 Å². The maximum atomic E-state index is 11.9. The van der Waals surface area contributed by atoms with Crippen LogP contribution >= 0.6 is 23.2 Å². The molecule has 2 aromatic carbocycles. The van der Waals surface area contributed by atoms with E-state index < -0.39 is 5.91 Å². The first-order chi connectivity index (χ1) is 12.4. The number of halogens is 2. The van der Waals surface area contributed by atoms with E-state index in [1.54, 1.807) is 42.3 Å². The predicted molar refractivity (Wildman–Crippen MR) is 101 cm³/mol. The van der Waals surface area contributed by atoms with Crippen molar-refractivity contribution in [1.29, 1.82) is 0 Å². The summed E-state index contributed by atoms with van der Waals surface area (Å²) >= 11 is 11.7. The standard InChI is InChI=1S/C18H19Cl2N3O3/c1-23(10-13-3-2-4-15(20)9-13)11-17(24)21-22-18(25)12-26-16-7-5-14(19)6-8-16/h2-9H,10-12H2,1H3,(H,21,24)(H,22,25). The zero-order valence-electron chi connectivity index (χ0n) is 14.2. The van der Waals surface area contributed by atoms with E-state index in [1.165, 1.54) is 0 Å². The fourth-order valence-corrected chi connectivity index (χ4v) is 2.48. The second-order valence-electron chi connectivity index (χ2n) is 5.64. The van der Waals surface area contributed by atoms with E-state index in [0.717, 1.165) is 5.56 Å². The molecule has 138 valence electrons. The Labute approximate surface area is 162 Å². The number of likely N-dealkylation sites (N-methyl/N-ethyl adjacent to an activating group) is 1. The van der Waals surface area contributed by atoms with E-state index in [1.807, 2.05) is 18.2 Å². The number of nitrogens with one attached hydrogen (secondary N) is 2. The molecule has 0 unspecified atom stereocenters. The van der Waals surface area contributed by atoms with Gasteiger partial charge in [-0.3, -0.25) is 25.3 Å². The van der Waals surface area contributed by atoms with Gasteiger partial charge in [0.1, 0.15) is 5.75 Å². The third-order valence-electron chi connectivity index (χ3n) is 3.28. The lowest BCUT2D eigenvalue weighted by molar-refractivity contribution is -0.130. The second-order valence-corrected chi connectivity index (χ2v) is 6.51. The quantitative estimate of drug-likeness (QED) is 0.706. The van der Waals surface area contributed by atoms with Gasteiger partial charge in [0, 0.05) is 16.6 Å². The van der Waals surface area contributed by atoms with Crippen molar-refractivity contribution in [3.8, 4) is 5.75 Å². The van der Waals surface area contributed by atoms with Crippen LogP contribution in [0.25, 0.3) is 0 Å². The molecular weight excluding hydrogens is 377 g/mol. The van der Waals surface area contributed by atoms with E-state index in [4.69, 9.17) is 27.9 Å². The van der Waals surface area contributed by atoms with E-state index in [9.17, 15) is 9.59 Å². The van der Waals surface area contributed by atoms with Crippen LogP contribution in [0.4, 0.5) is 0 Å². The Morgan fingerprint density at radius 1 is 1.00 bits per heavy atom. The summed E-state index contributed by atoms with van der Waals surface area (Å²) in [6.07, 6.45) is 0. The van der Waals surface area contributed by atoms with Gasteiger partial charge in [-0.25, -0.2) is 0 Å². The summed E-state index contributed by atoms with van der Waals surface area (Å²) in [7, 11) is 1.80. The van der Waals surface area contributed by atoms with E-state index in [0.29, 0.717) is 22.3 Å². The van der Waals surface area contributed by atoms with Gasteiger partial charge in [0.2, 0.25) is 0 Å². The van der Waals surface area contributed by atoms with Crippen LogP contribution < -0.4 is 15.6 Å². The number of nitrogens with zero attached hydrogens (tertiary/aromatic N) is 1. The van der Waals surface area contributed by atoms with Crippen molar-refractivity contribution in [3.63, 3.8) is 0 Å². The summed E-state index contributed by atoms with van der Waals surface area (Å²) in [4.78, 5) is 25.4. The van der Waals surface area contributed by atoms with E-state index in [-0.39, 0.29) is 19.1 Å². The van der Waals surface area contributed by atoms with Crippen molar-refractivity contribution in [2.75, 3.05) is 20.2 Å². The third-order valence-corrected chi connectivity index (χ3v) is 3.77. The number of carbonyl (C=O) groups excluding carboxylic acids is 2. The van der Waals surface area contributed by atoms with Crippen LogP contribution in [0.2, 0.25) is 10.0 Å². The summed E-state index contributed by atoms with van der Waals surface area (Å²) in [5, 5.41) is 1.23. The van der Waals surface area contributed by atoms with Gasteiger partial charge in [-0.15, -0.1) is 0 Å².